The molecular formula is C14H19NO2. The van der Waals surface area contributed by atoms with E-state index in [1.165, 1.54) is 12.8 Å². The Labute approximate surface area is 102 Å². The second-order valence-corrected chi connectivity index (χ2v) is 4.71. The summed E-state index contributed by atoms with van der Waals surface area (Å²) in [5.74, 6) is -0.230. The van der Waals surface area contributed by atoms with E-state index in [0.29, 0.717) is 6.04 Å². The van der Waals surface area contributed by atoms with Crippen molar-refractivity contribution >= 4 is 11.7 Å². The number of esters is 1. The van der Waals surface area contributed by atoms with Crippen molar-refractivity contribution in [3.8, 4) is 0 Å². The van der Waals surface area contributed by atoms with Gasteiger partial charge in [0.15, 0.2) is 0 Å². The second kappa shape index (κ2) is 4.78. The fourth-order valence-electron chi connectivity index (χ4n) is 2.51. The Morgan fingerprint density at radius 2 is 2.12 bits per heavy atom. The molecule has 0 amide bonds. The monoisotopic (exact) mass is 233 g/mol. The van der Waals surface area contributed by atoms with Crippen LogP contribution in [-0.2, 0) is 9.53 Å². The van der Waals surface area contributed by atoms with Crippen molar-refractivity contribution in [2.45, 2.75) is 32.2 Å². The minimum atomic E-state index is -0.124. The lowest BCUT2D eigenvalue weighted by Crippen LogP contribution is -2.38. The highest BCUT2D eigenvalue weighted by atomic mass is 16.5. The van der Waals surface area contributed by atoms with Gasteiger partial charge in [0, 0.05) is 18.3 Å². The number of methoxy groups -OCH3 is 1. The van der Waals surface area contributed by atoms with Crippen molar-refractivity contribution < 1.29 is 9.53 Å². The van der Waals surface area contributed by atoms with Gasteiger partial charge in [-0.15, -0.1) is 0 Å². The van der Waals surface area contributed by atoms with Gasteiger partial charge in [-0.2, -0.15) is 0 Å². The van der Waals surface area contributed by atoms with Gasteiger partial charge in [0.25, 0.3) is 0 Å². The lowest BCUT2D eigenvalue weighted by Gasteiger charge is -2.37. The van der Waals surface area contributed by atoms with E-state index in [0.717, 1.165) is 18.5 Å². The maximum absolute atomic E-state index is 11.8. The zero-order valence-electron chi connectivity index (χ0n) is 10.6. The summed E-state index contributed by atoms with van der Waals surface area (Å²) in [7, 11) is 1.46. The Kier molecular flexibility index (Phi) is 3.36. The molecule has 2 rings (SSSR count). The summed E-state index contributed by atoms with van der Waals surface area (Å²) in [6.07, 6.45) is 0.835. The van der Waals surface area contributed by atoms with Crippen molar-refractivity contribution in [1.82, 2.24) is 0 Å². The van der Waals surface area contributed by atoms with Crippen LogP contribution in [0.2, 0.25) is 0 Å². The number of benzene rings is 1. The predicted molar refractivity (Wildman–Crippen MR) is 68.3 cm³/mol. The molecule has 1 atom stereocenters. The number of carbonyl (C=O) groups is 1. The van der Waals surface area contributed by atoms with Crippen LogP contribution < -0.4 is 4.90 Å². The molecule has 0 fully saturated rings. The molecule has 1 aliphatic rings. The Hall–Kier alpha value is -1.51. The molecule has 0 saturated carbocycles. The van der Waals surface area contributed by atoms with E-state index in [4.69, 9.17) is 4.74 Å². The molecule has 1 unspecified atom stereocenters. The van der Waals surface area contributed by atoms with Crippen LogP contribution in [0.5, 0.6) is 0 Å². The Morgan fingerprint density at radius 3 is 2.76 bits per heavy atom. The molecule has 1 aliphatic heterocycles. The molecule has 17 heavy (non-hydrogen) atoms. The third-order valence-corrected chi connectivity index (χ3v) is 3.39. The standard InChI is InChI=1S/C14H19NO2/c1-10(2)15-9-8-12(14(16)17-3)11-6-4-5-7-13(11)15/h4-7,10,12H,8-9H2,1-3H3. The average molecular weight is 233 g/mol. The van der Waals surface area contributed by atoms with E-state index in [2.05, 4.69) is 24.8 Å². The summed E-state index contributed by atoms with van der Waals surface area (Å²) in [5.41, 5.74) is 2.27. The van der Waals surface area contributed by atoms with E-state index in [1.807, 2.05) is 18.2 Å². The number of para-hydroxylation sites is 1. The van der Waals surface area contributed by atoms with Gasteiger partial charge in [-0.1, -0.05) is 18.2 Å². The number of anilines is 1. The lowest BCUT2D eigenvalue weighted by molar-refractivity contribution is -0.142. The van der Waals surface area contributed by atoms with Gasteiger partial charge in [-0.3, -0.25) is 4.79 Å². The Morgan fingerprint density at radius 1 is 1.41 bits per heavy atom. The zero-order valence-corrected chi connectivity index (χ0v) is 10.6. The fraction of sp³-hybridized carbons (Fsp3) is 0.500. The molecule has 1 aromatic carbocycles. The van der Waals surface area contributed by atoms with Crippen molar-refractivity contribution in [2.24, 2.45) is 0 Å². The molecule has 0 N–H and O–H groups in total. The number of fused-ring (bicyclic) bond motifs is 1. The van der Waals surface area contributed by atoms with Gasteiger partial charge >= 0.3 is 5.97 Å². The molecule has 3 nitrogen and oxygen atoms in total. The van der Waals surface area contributed by atoms with E-state index < -0.39 is 0 Å². The van der Waals surface area contributed by atoms with E-state index in [-0.39, 0.29) is 11.9 Å². The van der Waals surface area contributed by atoms with Crippen molar-refractivity contribution in [3.05, 3.63) is 29.8 Å². The minimum absolute atomic E-state index is 0.105. The van der Waals surface area contributed by atoms with Crippen LogP contribution in [0.4, 0.5) is 5.69 Å². The maximum Gasteiger partial charge on any atom is 0.313 e. The topological polar surface area (TPSA) is 29.5 Å². The normalized spacial score (nSPS) is 19.1. The Bertz CT molecular complexity index is 414. The van der Waals surface area contributed by atoms with Crippen molar-refractivity contribution in [2.75, 3.05) is 18.6 Å². The van der Waals surface area contributed by atoms with Gasteiger partial charge in [-0.25, -0.2) is 0 Å². The van der Waals surface area contributed by atoms with Gasteiger partial charge in [-0.05, 0) is 31.9 Å². The molecule has 1 heterocycles. The SMILES string of the molecule is COC(=O)C1CCN(C(C)C)c2ccccc21. The van der Waals surface area contributed by atoms with Crippen molar-refractivity contribution in [3.63, 3.8) is 0 Å². The predicted octanol–water partition coefficient (Wildman–Crippen LogP) is 2.56. The summed E-state index contributed by atoms with van der Waals surface area (Å²) < 4.78 is 4.88. The molecule has 0 aliphatic carbocycles. The number of hydrogen-bond acceptors (Lipinski definition) is 3. The summed E-state index contributed by atoms with van der Waals surface area (Å²) in [4.78, 5) is 14.1. The molecule has 0 saturated heterocycles. The quantitative estimate of drug-likeness (QED) is 0.735. The van der Waals surface area contributed by atoms with Crippen LogP contribution >= 0.6 is 0 Å². The highest BCUT2D eigenvalue weighted by Gasteiger charge is 2.31. The van der Waals surface area contributed by atoms with E-state index >= 15 is 0 Å². The van der Waals surface area contributed by atoms with Crippen LogP contribution in [0.1, 0.15) is 31.7 Å². The molecule has 3 heteroatoms. The summed E-state index contributed by atoms with van der Waals surface area (Å²) in [6.45, 7) is 5.26. The third kappa shape index (κ3) is 2.14. The molecule has 0 radical (unpaired) electrons. The molecule has 0 aromatic heterocycles. The first-order chi connectivity index (χ1) is 8.15. The van der Waals surface area contributed by atoms with Crippen LogP contribution in [0, 0.1) is 0 Å². The summed E-state index contributed by atoms with van der Waals surface area (Å²) in [6, 6.07) is 8.58. The number of carbonyl (C=O) groups excluding carboxylic acids is 1. The smallest absolute Gasteiger partial charge is 0.313 e. The third-order valence-electron chi connectivity index (χ3n) is 3.39. The van der Waals surface area contributed by atoms with Crippen LogP contribution in [0.25, 0.3) is 0 Å². The molecular weight excluding hydrogens is 214 g/mol. The molecule has 0 bridgehead atoms. The minimum Gasteiger partial charge on any atom is -0.469 e. The number of rotatable bonds is 2. The Balaban J connectivity index is 2.40. The first-order valence-corrected chi connectivity index (χ1v) is 6.08. The summed E-state index contributed by atoms with van der Waals surface area (Å²) >= 11 is 0. The van der Waals surface area contributed by atoms with Crippen LogP contribution in [-0.4, -0.2) is 25.7 Å². The first-order valence-electron chi connectivity index (χ1n) is 6.08. The number of ether oxygens (including phenoxy) is 1. The molecule has 92 valence electrons. The van der Waals surface area contributed by atoms with Crippen molar-refractivity contribution in [1.29, 1.82) is 0 Å². The highest BCUT2D eigenvalue weighted by molar-refractivity contribution is 5.82. The van der Waals surface area contributed by atoms with Gasteiger partial charge in [0.05, 0.1) is 13.0 Å². The van der Waals surface area contributed by atoms with Crippen LogP contribution in [0.15, 0.2) is 24.3 Å². The van der Waals surface area contributed by atoms with Gasteiger partial charge in [0.1, 0.15) is 0 Å². The summed E-state index contributed by atoms with van der Waals surface area (Å²) in [5, 5.41) is 0. The average Bonchev–Trinajstić information content (AvgIpc) is 2.36. The van der Waals surface area contributed by atoms with E-state index in [9.17, 15) is 4.79 Å². The lowest BCUT2D eigenvalue weighted by atomic mass is 9.89. The van der Waals surface area contributed by atoms with Crippen LogP contribution in [0.3, 0.4) is 0 Å². The fourth-order valence-corrected chi connectivity index (χ4v) is 2.51. The highest BCUT2D eigenvalue weighted by Crippen LogP contribution is 2.36. The van der Waals surface area contributed by atoms with E-state index in [1.54, 1.807) is 0 Å². The first kappa shape index (κ1) is 12.0. The molecule has 1 aromatic rings. The molecule has 0 spiro atoms. The van der Waals surface area contributed by atoms with Gasteiger partial charge in [0.2, 0.25) is 0 Å². The number of nitrogens with zero attached hydrogens (tertiary/aromatic N) is 1. The van der Waals surface area contributed by atoms with Gasteiger partial charge < -0.3 is 9.64 Å². The second-order valence-electron chi connectivity index (χ2n) is 4.71. The zero-order chi connectivity index (χ0) is 12.4. The largest absolute Gasteiger partial charge is 0.469 e. The maximum atomic E-state index is 11.8. The number of hydrogen-bond donors (Lipinski definition) is 0.